The average molecular weight is 454 g/mol. The summed E-state index contributed by atoms with van der Waals surface area (Å²) in [4.78, 5) is 12.6. The molecule has 0 unspecified atom stereocenters. The molecule has 0 atom stereocenters. The Hall–Kier alpha value is -2.51. The first-order valence-electron chi connectivity index (χ1n) is 9.83. The first kappa shape index (κ1) is 18.5. The lowest BCUT2D eigenvalue weighted by molar-refractivity contribution is 0.411. The summed E-state index contributed by atoms with van der Waals surface area (Å²) in [6.45, 7) is 0. The van der Waals surface area contributed by atoms with Crippen LogP contribution in [0.5, 0.6) is 0 Å². The maximum atomic E-state index is 13.6. The lowest BCUT2D eigenvalue weighted by Crippen LogP contribution is -2.33. The molecule has 2 aromatic carbocycles. The second kappa shape index (κ2) is 7.39. The molecule has 2 heterocycles. The number of hydrogen-bond donors (Lipinski definition) is 3. The number of nitrogens with zero attached hydrogens (tertiary/aromatic N) is 2. The van der Waals surface area contributed by atoms with Crippen molar-refractivity contribution in [3.63, 3.8) is 0 Å². The van der Waals surface area contributed by atoms with E-state index in [1.54, 1.807) is 6.07 Å². The number of aromatic amines is 1. The molecule has 1 fully saturated rings. The van der Waals surface area contributed by atoms with Crippen molar-refractivity contribution in [2.75, 3.05) is 5.32 Å². The van der Waals surface area contributed by atoms with Crippen molar-refractivity contribution in [3.8, 4) is 11.4 Å². The summed E-state index contributed by atoms with van der Waals surface area (Å²) in [7, 11) is 0. The zero-order valence-electron chi connectivity index (χ0n) is 15.8. The van der Waals surface area contributed by atoms with Crippen LogP contribution in [0.4, 0.5) is 10.1 Å². The van der Waals surface area contributed by atoms with E-state index in [4.69, 9.17) is 5.73 Å². The average Bonchev–Trinajstić information content (AvgIpc) is 3.13. The van der Waals surface area contributed by atoms with Crippen LogP contribution in [0.15, 0.2) is 47.1 Å². The van der Waals surface area contributed by atoms with Gasteiger partial charge < -0.3 is 16.0 Å². The third-order valence-electron chi connectivity index (χ3n) is 5.65. The van der Waals surface area contributed by atoms with Gasteiger partial charge in [0, 0.05) is 28.1 Å². The molecule has 148 valence electrons. The normalized spacial score (nSPS) is 19.7. The highest BCUT2D eigenvalue weighted by Crippen LogP contribution is 2.36. The summed E-state index contributed by atoms with van der Waals surface area (Å²) >= 11 is 3.58. The largest absolute Gasteiger partial charge is 0.381 e. The number of nitrogens with one attached hydrogen (secondary N) is 2. The van der Waals surface area contributed by atoms with E-state index >= 15 is 0 Å². The molecule has 2 aromatic heterocycles. The lowest BCUT2D eigenvalue weighted by Gasteiger charge is -2.28. The number of aromatic nitrogens is 3. The van der Waals surface area contributed by atoms with Gasteiger partial charge >= 0.3 is 0 Å². The summed E-state index contributed by atoms with van der Waals surface area (Å²) < 4.78 is 14.6. The van der Waals surface area contributed by atoms with E-state index in [1.807, 2.05) is 18.3 Å². The highest BCUT2D eigenvalue weighted by atomic mass is 79.9. The summed E-state index contributed by atoms with van der Waals surface area (Å²) in [6.07, 6.45) is 5.93. The molecule has 0 radical (unpaired) electrons. The monoisotopic (exact) mass is 453 g/mol. The van der Waals surface area contributed by atoms with Crippen molar-refractivity contribution in [2.45, 2.75) is 37.8 Å². The fourth-order valence-electron chi connectivity index (χ4n) is 4.08. The molecule has 0 amide bonds. The number of imidazole rings is 1. The Labute approximate surface area is 176 Å². The van der Waals surface area contributed by atoms with Gasteiger partial charge in [0.1, 0.15) is 11.6 Å². The van der Waals surface area contributed by atoms with Gasteiger partial charge in [0.2, 0.25) is 0 Å². The molecule has 5 nitrogen and oxygen atoms in total. The van der Waals surface area contributed by atoms with Crippen LogP contribution in [0.25, 0.3) is 33.3 Å². The van der Waals surface area contributed by atoms with Gasteiger partial charge in [-0.2, -0.15) is 0 Å². The molecule has 1 aliphatic carbocycles. The smallest absolute Gasteiger partial charge is 0.142 e. The number of hydrogen-bond acceptors (Lipinski definition) is 4. The highest BCUT2D eigenvalue weighted by Gasteiger charge is 2.22. The predicted octanol–water partition coefficient (Wildman–Crippen LogP) is 5.36. The topological polar surface area (TPSA) is 79.6 Å². The molecule has 0 aliphatic heterocycles. The van der Waals surface area contributed by atoms with Crippen LogP contribution in [-0.2, 0) is 0 Å². The molecule has 29 heavy (non-hydrogen) atoms. The molecule has 4 N–H and O–H groups in total. The zero-order chi connectivity index (χ0) is 20.0. The minimum Gasteiger partial charge on any atom is -0.381 e. The number of anilines is 1. The van der Waals surface area contributed by atoms with E-state index in [0.717, 1.165) is 57.8 Å². The SMILES string of the molecule is NC1CCC(Nc2c(-c3nc4ccc(F)cc4[nH]3)cnc3ccc(Br)cc23)CC1. The van der Waals surface area contributed by atoms with Crippen LogP contribution in [0.1, 0.15) is 25.7 Å². The van der Waals surface area contributed by atoms with E-state index in [0.29, 0.717) is 23.4 Å². The fourth-order valence-corrected chi connectivity index (χ4v) is 4.44. The Kier molecular flexibility index (Phi) is 4.72. The van der Waals surface area contributed by atoms with Crippen molar-refractivity contribution >= 4 is 43.6 Å². The second-order valence-electron chi connectivity index (χ2n) is 7.71. The van der Waals surface area contributed by atoms with Gasteiger partial charge in [0.15, 0.2) is 0 Å². The van der Waals surface area contributed by atoms with Gasteiger partial charge in [-0.3, -0.25) is 4.98 Å². The number of H-pyrrole nitrogens is 1. The minimum atomic E-state index is -0.287. The van der Waals surface area contributed by atoms with Crippen molar-refractivity contribution in [2.24, 2.45) is 5.73 Å². The van der Waals surface area contributed by atoms with Crippen molar-refractivity contribution in [1.82, 2.24) is 15.0 Å². The van der Waals surface area contributed by atoms with Gasteiger partial charge in [-0.25, -0.2) is 9.37 Å². The van der Waals surface area contributed by atoms with Gasteiger partial charge in [0.05, 0.1) is 27.8 Å². The number of benzene rings is 2. The van der Waals surface area contributed by atoms with Gasteiger partial charge in [-0.1, -0.05) is 15.9 Å². The Morgan fingerprint density at radius 3 is 2.69 bits per heavy atom. The third kappa shape index (κ3) is 3.60. The molecule has 0 bridgehead atoms. The molecular formula is C22H21BrFN5. The summed E-state index contributed by atoms with van der Waals surface area (Å²) in [5.41, 5.74) is 10.3. The minimum absolute atomic E-state index is 0.287. The zero-order valence-corrected chi connectivity index (χ0v) is 17.3. The lowest BCUT2D eigenvalue weighted by atomic mass is 9.91. The van der Waals surface area contributed by atoms with E-state index < -0.39 is 0 Å². The highest BCUT2D eigenvalue weighted by molar-refractivity contribution is 9.10. The summed E-state index contributed by atoms with van der Waals surface area (Å²) in [5.74, 6) is 0.389. The Morgan fingerprint density at radius 2 is 1.86 bits per heavy atom. The van der Waals surface area contributed by atoms with Crippen LogP contribution < -0.4 is 11.1 Å². The summed E-state index contributed by atoms with van der Waals surface area (Å²) in [5, 5.41) is 4.77. The Balaban J connectivity index is 1.65. The number of rotatable bonds is 3. The Bertz CT molecular complexity index is 1200. The van der Waals surface area contributed by atoms with Crippen molar-refractivity contribution in [3.05, 3.63) is 52.9 Å². The Morgan fingerprint density at radius 1 is 1.07 bits per heavy atom. The number of nitrogens with two attached hydrogens (primary N) is 1. The molecule has 5 rings (SSSR count). The standard InChI is InChI=1S/C22H21BrFN5/c23-12-1-7-18-16(9-12)21(27-15-5-3-14(25)4-6-15)17(11-26-18)22-28-19-8-2-13(24)10-20(19)29-22/h1-2,7-11,14-15H,3-6,25H2,(H,26,27)(H,28,29). The maximum absolute atomic E-state index is 13.6. The van der Waals surface area contributed by atoms with E-state index in [-0.39, 0.29) is 5.82 Å². The number of fused-ring (bicyclic) bond motifs is 2. The molecule has 0 saturated heterocycles. The quantitative estimate of drug-likeness (QED) is 0.389. The maximum Gasteiger partial charge on any atom is 0.142 e. The van der Waals surface area contributed by atoms with Crippen LogP contribution in [0.3, 0.4) is 0 Å². The van der Waals surface area contributed by atoms with E-state index in [1.165, 1.54) is 12.1 Å². The van der Waals surface area contributed by atoms with Crippen LogP contribution in [0.2, 0.25) is 0 Å². The van der Waals surface area contributed by atoms with Crippen molar-refractivity contribution < 1.29 is 4.39 Å². The van der Waals surface area contributed by atoms with Gasteiger partial charge in [-0.05, 0) is 62.1 Å². The van der Waals surface area contributed by atoms with Crippen LogP contribution in [-0.4, -0.2) is 27.0 Å². The number of halogens is 2. The van der Waals surface area contributed by atoms with E-state index in [2.05, 4.69) is 42.3 Å². The first-order valence-corrected chi connectivity index (χ1v) is 10.6. The predicted molar refractivity (Wildman–Crippen MR) is 118 cm³/mol. The molecule has 7 heteroatoms. The van der Waals surface area contributed by atoms with Crippen LogP contribution >= 0.6 is 15.9 Å². The van der Waals surface area contributed by atoms with E-state index in [9.17, 15) is 4.39 Å². The van der Waals surface area contributed by atoms with Crippen LogP contribution in [0, 0.1) is 5.82 Å². The van der Waals surface area contributed by atoms with Crippen molar-refractivity contribution in [1.29, 1.82) is 0 Å². The first-order chi connectivity index (χ1) is 14.1. The summed E-state index contributed by atoms with van der Waals surface area (Å²) in [6, 6.07) is 11.3. The number of pyridine rings is 1. The molecule has 4 aromatic rings. The second-order valence-corrected chi connectivity index (χ2v) is 8.63. The third-order valence-corrected chi connectivity index (χ3v) is 6.14. The van der Waals surface area contributed by atoms with Gasteiger partial charge in [0.25, 0.3) is 0 Å². The van der Waals surface area contributed by atoms with Gasteiger partial charge in [-0.15, -0.1) is 0 Å². The molecule has 1 saturated carbocycles. The molecule has 0 spiro atoms. The molecule has 1 aliphatic rings. The molecular weight excluding hydrogens is 433 g/mol. The fraction of sp³-hybridized carbons (Fsp3) is 0.273.